The van der Waals surface area contributed by atoms with Gasteiger partial charge in [-0.1, -0.05) is 54.6 Å². The summed E-state index contributed by atoms with van der Waals surface area (Å²) in [6.07, 6.45) is 2.67. The minimum absolute atomic E-state index is 0.0848. The van der Waals surface area contributed by atoms with E-state index < -0.39 is 15.7 Å². The first-order valence-corrected chi connectivity index (χ1v) is 12.4. The van der Waals surface area contributed by atoms with Crippen molar-refractivity contribution >= 4 is 21.3 Å². The smallest absolute Gasteiger partial charge is 0.272 e. The highest BCUT2D eigenvalue weighted by molar-refractivity contribution is 7.90. The Kier molecular flexibility index (Phi) is 6.31. The van der Waals surface area contributed by atoms with E-state index in [0.717, 1.165) is 29.5 Å². The van der Waals surface area contributed by atoms with E-state index in [1.54, 1.807) is 24.4 Å². The number of nitrogens with one attached hydrogen (secondary N) is 1. The average Bonchev–Trinajstić information content (AvgIpc) is 3.18. The van der Waals surface area contributed by atoms with Crippen LogP contribution in [-0.4, -0.2) is 49.0 Å². The van der Waals surface area contributed by atoms with Gasteiger partial charge >= 0.3 is 0 Å². The van der Waals surface area contributed by atoms with Gasteiger partial charge in [0.05, 0.1) is 5.52 Å². The second kappa shape index (κ2) is 9.17. The molecular formula is C25H26N4O3S. The fourth-order valence-corrected chi connectivity index (χ4v) is 4.58. The molecule has 1 amide bonds. The number of imidazole rings is 1. The van der Waals surface area contributed by atoms with Gasteiger partial charge in [0, 0.05) is 25.5 Å². The molecule has 7 nitrogen and oxygen atoms in total. The molecular weight excluding hydrogens is 436 g/mol. The van der Waals surface area contributed by atoms with Crippen molar-refractivity contribution in [2.24, 2.45) is 0 Å². The van der Waals surface area contributed by atoms with Crippen molar-refractivity contribution in [3.8, 4) is 11.1 Å². The van der Waals surface area contributed by atoms with Crippen molar-refractivity contribution in [2.75, 3.05) is 20.4 Å². The van der Waals surface area contributed by atoms with E-state index in [0.29, 0.717) is 5.52 Å². The molecule has 8 heteroatoms. The molecule has 1 N–H and O–H groups in total. The largest absolute Gasteiger partial charge is 0.347 e. The Morgan fingerprint density at radius 3 is 2.39 bits per heavy atom. The van der Waals surface area contributed by atoms with Crippen molar-refractivity contribution in [2.45, 2.75) is 18.2 Å². The first kappa shape index (κ1) is 22.7. The zero-order valence-electron chi connectivity index (χ0n) is 18.8. The van der Waals surface area contributed by atoms with Gasteiger partial charge < -0.3 is 10.2 Å². The lowest BCUT2D eigenvalue weighted by molar-refractivity contribution is 0.0948. The molecule has 33 heavy (non-hydrogen) atoms. The van der Waals surface area contributed by atoms with Crippen molar-refractivity contribution in [3.63, 3.8) is 0 Å². The Morgan fingerprint density at radius 1 is 1.00 bits per heavy atom. The lowest BCUT2D eigenvalue weighted by Crippen LogP contribution is -2.23. The summed E-state index contributed by atoms with van der Waals surface area (Å²) in [7, 11) is 0.477. The van der Waals surface area contributed by atoms with Crippen LogP contribution in [0.1, 0.15) is 21.6 Å². The van der Waals surface area contributed by atoms with Crippen LogP contribution in [0, 0.1) is 0 Å². The Hall–Kier alpha value is -3.49. The molecule has 0 spiro atoms. The maximum atomic E-state index is 13.0. The molecule has 0 saturated carbocycles. The van der Waals surface area contributed by atoms with Crippen molar-refractivity contribution in [1.82, 2.24) is 19.6 Å². The fraction of sp³-hybridized carbons (Fsp3) is 0.200. The molecule has 0 fully saturated rings. The van der Waals surface area contributed by atoms with E-state index in [4.69, 9.17) is 0 Å². The van der Waals surface area contributed by atoms with Crippen LogP contribution in [0.25, 0.3) is 16.6 Å². The van der Waals surface area contributed by atoms with Crippen LogP contribution in [0.4, 0.5) is 0 Å². The number of nitrogens with zero attached hydrogens (tertiary/aromatic N) is 3. The maximum Gasteiger partial charge on any atom is 0.272 e. The number of hydrogen-bond donors (Lipinski definition) is 1. The first-order chi connectivity index (χ1) is 15.7. The first-order valence-electron chi connectivity index (χ1n) is 10.5. The van der Waals surface area contributed by atoms with Gasteiger partial charge in [-0.05, 0) is 48.5 Å². The molecule has 0 aliphatic heterocycles. The number of sulfone groups is 1. The van der Waals surface area contributed by atoms with Crippen LogP contribution in [0.3, 0.4) is 0 Å². The average molecular weight is 463 g/mol. The van der Waals surface area contributed by atoms with Crippen molar-refractivity contribution < 1.29 is 13.2 Å². The summed E-state index contributed by atoms with van der Waals surface area (Å²) in [6.45, 7) is 1.15. The van der Waals surface area contributed by atoms with E-state index in [9.17, 15) is 13.2 Å². The predicted octanol–water partition coefficient (Wildman–Crippen LogP) is 3.40. The van der Waals surface area contributed by atoms with Gasteiger partial charge in [0.1, 0.15) is 0 Å². The summed E-state index contributed by atoms with van der Waals surface area (Å²) in [4.78, 5) is 19.2. The fourth-order valence-electron chi connectivity index (χ4n) is 3.81. The number of benzene rings is 2. The number of carbonyl (C=O) groups excluding carboxylic acids is 1. The van der Waals surface area contributed by atoms with E-state index in [1.807, 2.05) is 38.4 Å². The summed E-state index contributed by atoms with van der Waals surface area (Å²) in [5, 5.41) is 2.75. The zero-order valence-corrected chi connectivity index (χ0v) is 19.6. The Bertz CT molecular complexity index is 1410. The Labute approximate surface area is 193 Å². The third-order valence-electron chi connectivity index (χ3n) is 5.28. The van der Waals surface area contributed by atoms with Gasteiger partial charge in [-0.3, -0.25) is 9.20 Å². The van der Waals surface area contributed by atoms with E-state index in [1.165, 1.54) is 9.96 Å². The number of pyridine rings is 1. The van der Waals surface area contributed by atoms with Crippen LogP contribution < -0.4 is 5.32 Å². The van der Waals surface area contributed by atoms with Crippen LogP contribution in [-0.2, 0) is 22.9 Å². The number of aromatic nitrogens is 2. The van der Waals surface area contributed by atoms with E-state index >= 15 is 0 Å². The van der Waals surface area contributed by atoms with Gasteiger partial charge in [-0.15, -0.1) is 0 Å². The molecule has 0 aliphatic carbocycles. The molecule has 0 radical (unpaired) electrons. The van der Waals surface area contributed by atoms with Gasteiger partial charge in [-0.25, -0.2) is 13.4 Å². The predicted molar refractivity (Wildman–Crippen MR) is 129 cm³/mol. The molecule has 0 saturated heterocycles. The van der Waals surface area contributed by atoms with Gasteiger partial charge in [0.25, 0.3) is 5.91 Å². The monoisotopic (exact) mass is 462 g/mol. The topological polar surface area (TPSA) is 83.8 Å². The maximum absolute atomic E-state index is 13.0. The molecule has 170 valence electrons. The highest BCUT2D eigenvalue weighted by atomic mass is 32.2. The molecule has 0 aliphatic rings. The van der Waals surface area contributed by atoms with Gasteiger partial charge in [-0.2, -0.15) is 0 Å². The zero-order chi connectivity index (χ0) is 23.6. The summed E-state index contributed by atoms with van der Waals surface area (Å²) >= 11 is 0. The standard InChI is InChI=1S/C25H26N4O3S/c1-28(2)17-18-11-13-19(14-12-18)21-9-5-4-8-20(21)16-26-24(30)23-22-10-6-7-15-29(22)25(27-23)33(3,31)32/h4-15H,16-17H2,1-3H3,(H,26,30). The normalized spacial score (nSPS) is 11.8. The Morgan fingerprint density at radius 2 is 1.70 bits per heavy atom. The van der Waals surface area contributed by atoms with E-state index in [2.05, 4.69) is 39.5 Å². The second-order valence-corrected chi connectivity index (χ2v) is 10.2. The summed E-state index contributed by atoms with van der Waals surface area (Å²) in [6, 6.07) is 21.4. The van der Waals surface area contributed by atoms with Crippen molar-refractivity contribution in [3.05, 3.63) is 89.7 Å². The minimum atomic E-state index is -3.59. The number of carbonyl (C=O) groups is 1. The Balaban J connectivity index is 1.58. The molecule has 2 aromatic carbocycles. The third kappa shape index (κ3) is 4.97. The van der Waals surface area contributed by atoms with Gasteiger partial charge in [0.2, 0.25) is 15.0 Å². The summed E-state index contributed by atoms with van der Waals surface area (Å²) < 4.78 is 25.7. The number of rotatable bonds is 7. The van der Waals surface area contributed by atoms with Crippen molar-refractivity contribution in [1.29, 1.82) is 0 Å². The van der Waals surface area contributed by atoms with Crippen LogP contribution in [0.15, 0.2) is 78.1 Å². The third-order valence-corrected chi connectivity index (χ3v) is 6.23. The summed E-state index contributed by atoms with van der Waals surface area (Å²) in [5.74, 6) is -0.426. The van der Waals surface area contributed by atoms with Crippen LogP contribution >= 0.6 is 0 Å². The number of amides is 1. The molecule has 0 atom stereocenters. The molecule has 0 unspecified atom stereocenters. The molecule has 4 aromatic rings. The van der Waals surface area contributed by atoms with E-state index in [-0.39, 0.29) is 17.4 Å². The minimum Gasteiger partial charge on any atom is -0.347 e. The highest BCUT2D eigenvalue weighted by Gasteiger charge is 2.22. The molecule has 2 aromatic heterocycles. The van der Waals surface area contributed by atoms with Crippen LogP contribution in [0.5, 0.6) is 0 Å². The van der Waals surface area contributed by atoms with Crippen LogP contribution in [0.2, 0.25) is 0 Å². The summed E-state index contributed by atoms with van der Waals surface area (Å²) in [5.41, 5.74) is 4.80. The molecule has 2 heterocycles. The lowest BCUT2D eigenvalue weighted by atomic mass is 9.98. The lowest BCUT2D eigenvalue weighted by Gasteiger charge is -2.13. The quantitative estimate of drug-likeness (QED) is 0.455. The molecule has 0 bridgehead atoms. The second-order valence-electron chi connectivity index (χ2n) is 8.25. The highest BCUT2D eigenvalue weighted by Crippen LogP contribution is 2.25. The van der Waals surface area contributed by atoms with Gasteiger partial charge in [0.15, 0.2) is 5.69 Å². The molecule has 4 rings (SSSR count). The number of hydrogen-bond acceptors (Lipinski definition) is 5. The number of fused-ring (bicyclic) bond motifs is 1. The SMILES string of the molecule is CN(C)Cc1ccc(-c2ccccc2CNC(=O)c2nc(S(C)(=O)=O)n3ccccc23)cc1.